The van der Waals surface area contributed by atoms with Crippen LogP contribution in [0.1, 0.15) is 44.2 Å². The van der Waals surface area contributed by atoms with E-state index in [0.717, 1.165) is 5.75 Å². The Morgan fingerprint density at radius 3 is 2.45 bits per heavy atom. The van der Waals surface area contributed by atoms with Crippen LogP contribution in [0.5, 0.6) is 5.75 Å². The molecule has 1 spiro atoms. The van der Waals surface area contributed by atoms with Gasteiger partial charge in [0.2, 0.25) is 0 Å². The summed E-state index contributed by atoms with van der Waals surface area (Å²) in [6.45, 7) is 4.65. The van der Waals surface area contributed by atoms with Crippen molar-refractivity contribution in [2.75, 3.05) is 20.2 Å². The largest absolute Gasteiger partial charge is 0.497 e. The molecule has 1 aliphatic heterocycles. The Labute approximate surface area is 122 Å². The maximum absolute atomic E-state index is 5.23. The Hall–Kier alpha value is -1.06. The van der Waals surface area contributed by atoms with Crippen LogP contribution in [0.15, 0.2) is 24.3 Å². The SMILES string of the molecule is COc1ccc([C@H](C)N[C@H]2CCC23CCNCC3)cc1. The minimum Gasteiger partial charge on any atom is -0.497 e. The predicted molar refractivity (Wildman–Crippen MR) is 82.1 cm³/mol. The maximum atomic E-state index is 5.23. The summed E-state index contributed by atoms with van der Waals surface area (Å²) in [6.07, 6.45) is 5.40. The van der Waals surface area contributed by atoms with Crippen LogP contribution >= 0.6 is 0 Å². The number of hydrogen-bond donors (Lipinski definition) is 2. The van der Waals surface area contributed by atoms with Gasteiger partial charge in [0, 0.05) is 12.1 Å². The number of piperidine rings is 1. The fourth-order valence-corrected chi connectivity index (χ4v) is 3.77. The summed E-state index contributed by atoms with van der Waals surface area (Å²) >= 11 is 0. The van der Waals surface area contributed by atoms with Gasteiger partial charge in [0.25, 0.3) is 0 Å². The van der Waals surface area contributed by atoms with Crippen LogP contribution in [0.3, 0.4) is 0 Å². The molecule has 0 unspecified atom stereocenters. The first kappa shape index (κ1) is 13.9. The average molecular weight is 274 g/mol. The van der Waals surface area contributed by atoms with Crippen LogP contribution in [-0.2, 0) is 0 Å². The molecule has 3 nitrogen and oxygen atoms in total. The number of methoxy groups -OCH3 is 1. The molecule has 110 valence electrons. The van der Waals surface area contributed by atoms with Gasteiger partial charge in [0.1, 0.15) is 5.75 Å². The van der Waals surface area contributed by atoms with Gasteiger partial charge in [-0.3, -0.25) is 0 Å². The number of benzene rings is 1. The molecular formula is C17H26N2O. The van der Waals surface area contributed by atoms with E-state index in [9.17, 15) is 0 Å². The number of rotatable bonds is 4. The second-order valence-corrected chi connectivity index (χ2v) is 6.37. The van der Waals surface area contributed by atoms with Crippen molar-refractivity contribution in [1.29, 1.82) is 0 Å². The van der Waals surface area contributed by atoms with Crippen molar-refractivity contribution in [1.82, 2.24) is 10.6 Å². The zero-order chi connectivity index (χ0) is 14.0. The predicted octanol–water partition coefficient (Wildman–Crippen LogP) is 2.88. The molecule has 1 aromatic carbocycles. The molecule has 1 saturated carbocycles. The molecule has 20 heavy (non-hydrogen) atoms. The maximum Gasteiger partial charge on any atom is 0.118 e. The van der Waals surface area contributed by atoms with E-state index in [1.165, 1.54) is 44.3 Å². The molecule has 3 rings (SSSR count). The molecule has 2 atom stereocenters. The molecule has 0 radical (unpaired) electrons. The van der Waals surface area contributed by atoms with Crippen molar-refractivity contribution >= 4 is 0 Å². The molecule has 0 aromatic heterocycles. The van der Waals surface area contributed by atoms with Gasteiger partial charge in [-0.2, -0.15) is 0 Å². The topological polar surface area (TPSA) is 33.3 Å². The van der Waals surface area contributed by atoms with Crippen LogP contribution in [0.25, 0.3) is 0 Å². The highest BCUT2D eigenvalue weighted by Gasteiger charge is 2.47. The molecule has 2 fully saturated rings. The van der Waals surface area contributed by atoms with Crippen molar-refractivity contribution in [2.45, 2.75) is 44.7 Å². The van der Waals surface area contributed by atoms with Gasteiger partial charge in [0.15, 0.2) is 0 Å². The molecule has 1 aliphatic carbocycles. The molecule has 3 heteroatoms. The summed E-state index contributed by atoms with van der Waals surface area (Å²) < 4.78 is 5.23. The van der Waals surface area contributed by atoms with Gasteiger partial charge >= 0.3 is 0 Å². The van der Waals surface area contributed by atoms with E-state index in [1.807, 2.05) is 0 Å². The third-order valence-electron chi connectivity index (χ3n) is 5.34. The monoisotopic (exact) mass is 274 g/mol. The summed E-state index contributed by atoms with van der Waals surface area (Å²) in [4.78, 5) is 0. The Morgan fingerprint density at radius 1 is 1.20 bits per heavy atom. The first-order valence-electron chi connectivity index (χ1n) is 7.84. The van der Waals surface area contributed by atoms with E-state index in [2.05, 4.69) is 41.8 Å². The molecule has 1 aromatic rings. The Morgan fingerprint density at radius 2 is 1.90 bits per heavy atom. The summed E-state index contributed by atoms with van der Waals surface area (Å²) in [5.74, 6) is 0.930. The lowest BCUT2D eigenvalue weighted by Gasteiger charge is -2.53. The first-order valence-corrected chi connectivity index (χ1v) is 7.84. The van der Waals surface area contributed by atoms with Gasteiger partial charge in [-0.1, -0.05) is 12.1 Å². The summed E-state index contributed by atoms with van der Waals surface area (Å²) in [5.41, 5.74) is 1.92. The van der Waals surface area contributed by atoms with Crippen molar-refractivity contribution in [3.05, 3.63) is 29.8 Å². The van der Waals surface area contributed by atoms with Gasteiger partial charge in [0.05, 0.1) is 7.11 Å². The highest BCUT2D eigenvalue weighted by atomic mass is 16.5. The molecule has 0 amide bonds. The van der Waals surface area contributed by atoms with Crippen LogP contribution < -0.4 is 15.4 Å². The standard InChI is InChI=1S/C17H26N2O/c1-13(14-3-5-15(20-2)6-4-14)19-16-7-8-17(16)9-11-18-12-10-17/h3-6,13,16,18-19H,7-12H2,1-2H3/t13-,16-/m0/s1. The van der Waals surface area contributed by atoms with E-state index >= 15 is 0 Å². The first-order chi connectivity index (χ1) is 9.73. The lowest BCUT2D eigenvalue weighted by molar-refractivity contribution is 0.0243. The normalized spacial score (nSPS) is 26.0. The third kappa shape index (κ3) is 2.57. The van der Waals surface area contributed by atoms with Gasteiger partial charge in [-0.15, -0.1) is 0 Å². The second-order valence-electron chi connectivity index (χ2n) is 6.37. The van der Waals surface area contributed by atoms with Crippen LogP contribution in [0, 0.1) is 5.41 Å². The zero-order valence-corrected chi connectivity index (χ0v) is 12.6. The fourth-order valence-electron chi connectivity index (χ4n) is 3.77. The highest BCUT2D eigenvalue weighted by Crippen LogP contribution is 2.48. The minimum absolute atomic E-state index is 0.415. The van der Waals surface area contributed by atoms with E-state index in [-0.39, 0.29) is 0 Å². The molecular weight excluding hydrogens is 248 g/mol. The minimum atomic E-state index is 0.415. The lowest BCUT2D eigenvalue weighted by Crippen LogP contribution is -2.57. The lowest BCUT2D eigenvalue weighted by atomic mass is 9.59. The van der Waals surface area contributed by atoms with Crippen molar-refractivity contribution in [2.24, 2.45) is 5.41 Å². The number of ether oxygens (including phenoxy) is 1. The van der Waals surface area contributed by atoms with E-state index in [4.69, 9.17) is 4.74 Å². The molecule has 1 saturated heterocycles. The molecule has 0 bridgehead atoms. The quantitative estimate of drug-likeness (QED) is 0.886. The van der Waals surface area contributed by atoms with Gasteiger partial charge in [-0.25, -0.2) is 0 Å². The van der Waals surface area contributed by atoms with Crippen LogP contribution in [0.2, 0.25) is 0 Å². The number of hydrogen-bond acceptors (Lipinski definition) is 3. The molecule has 2 N–H and O–H groups in total. The van der Waals surface area contributed by atoms with Crippen LogP contribution in [0.4, 0.5) is 0 Å². The third-order valence-corrected chi connectivity index (χ3v) is 5.34. The van der Waals surface area contributed by atoms with E-state index < -0.39 is 0 Å². The van der Waals surface area contributed by atoms with Crippen LogP contribution in [-0.4, -0.2) is 26.2 Å². The number of nitrogens with one attached hydrogen (secondary N) is 2. The zero-order valence-electron chi connectivity index (χ0n) is 12.6. The molecule has 1 heterocycles. The smallest absolute Gasteiger partial charge is 0.118 e. The average Bonchev–Trinajstić information content (AvgIpc) is 2.52. The summed E-state index contributed by atoms with van der Waals surface area (Å²) in [7, 11) is 1.71. The van der Waals surface area contributed by atoms with Gasteiger partial charge in [-0.05, 0) is 68.8 Å². The van der Waals surface area contributed by atoms with E-state index in [0.29, 0.717) is 17.5 Å². The Bertz CT molecular complexity index is 437. The summed E-state index contributed by atoms with van der Waals surface area (Å²) in [6, 6.07) is 9.55. The fraction of sp³-hybridized carbons (Fsp3) is 0.647. The van der Waals surface area contributed by atoms with E-state index in [1.54, 1.807) is 7.11 Å². The van der Waals surface area contributed by atoms with Crippen molar-refractivity contribution in [3.8, 4) is 5.75 Å². The highest BCUT2D eigenvalue weighted by molar-refractivity contribution is 5.29. The summed E-state index contributed by atoms with van der Waals surface area (Å²) in [5, 5.41) is 7.35. The van der Waals surface area contributed by atoms with Crippen molar-refractivity contribution in [3.63, 3.8) is 0 Å². The van der Waals surface area contributed by atoms with Gasteiger partial charge < -0.3 is 15.4 Å². The second kappa shape index (κ2) is 5.74. The Balaban J connectivity index is 1.62. The Kier molecular flexibility index (Phi) is 3.99. The molecule has 2 aliphatic rings. The van der Waals surface area contributed by atoms with Crippen molar-refractivity contribution < 1.29 is 4.74 Å².